The third kappa shape index (κ3) is 4.59. The summed E-state index contributed by atoms with van der Waals surface area (Å²) in [6, 6.07) is 50.3. The van der Waals surface area contributed by atoms with Crippen molar-refractivity contribution < 1.29 is 0 Å². The lowest BCUT2D eigenvalue weighted by Crippen LogP contribution is -2.00. The normalized spacial score (nSPS) is 11.2. The average molecular weight is 563 g/mol. The maximum Gasteiger partial charge on any atom is 0.164 e. The van der Waals surface area contributed by atoms with Crippen LogP contribution in [0.1, 0.15) is 0 Å². The Hall–Kier alpha value is -6.00. The molecule has 2 aromatic heterocycles. The summed E-state index contributed by atoms with van der Waals surface area (Å²) >= 11 is 0. The van der Waals surface area contributed by atoms with Crippen molar-refractivity contribution in [1.29, 1.82) is 0 Å². The fourth-order valence-corrected chi connectivity index (χ4v) is 5.99. The van der Waals surface area contributed by atoms with E-state index in [1.54, 1.807) is 0 Å². The van der Waals surface area contributed by atoms with Gasteiger partial charge in [-0.25, -0.2) is 15.0 Å². The Kier molecular flexibility index (Phi) is 6.43. The second-order valence-electron chi connectivity index (χ2n) is 10.7. The molecule has 8 aromatic rings. The van der Waals surface area contributed by atoms with Gasteiger partial charge in [0.25, 0.3) is 0 Å². The largest absolute Gasteiger partial charge is 0.265 e. The first-order valence-electron chi connectivity index (χ1n) is 14.6. The average Bonchev–Trinajstić information content (AvgIpc) is 3.11. The first-order chi connectivity index (χ1) is 21.8. The lowest BCUT2D eigenvalue weighted by Gasteiger charge is -2.17. The molecule has 0 aliphatic heterocycles. The lowest BCUT2D eigenvalue weighted by molar-refractivity contribution is 1.07. The zero-order chi connectivity index (χ0) is 29.3. The van der Waals surface area contributed by atoms with Gasteiger partial charge in [-0.05, 0) is 55.9 Å². The van der Waals surface area contributed by atoms with Crippen LogP contribution < -0.4 is 0 Å². The number of hydrogen-bond donors (Lipinski definition) is 0. The molecule has 0 unspecified atom stereocenters. The summed E-state index contributed by atoms with van der Waals surface area (Å²) in [5.41, 5.74) is 7.59. The van der Waals surface area contributed by atoms with Gasteiger partial charge in [-0.15, -0.1) is 0 Å². The number of hydrogen-bond acceptors (Lipinski definition) is 4. The second-order valence-corrected chi connectivity index (χ2v) is 10.7. The number of aromatic nitrogens is 4. The maximum atomic E-state index is 4.92. The van der Waals surface area contributed by atoms with Crippen LogP contribution in [-0.4, -0.2) is 19.9 Å². The van der Waals surface area contributed by atoms with E-state index in [1.807, 2.05) is 73.1 Å². The SMILES string of the molecule is c1ccc(-c2nc(-c3ccccc3)nc(-c3ccc(-c4c5ccccc5c(-c5ccncc5)c5ccccc45)cc3)n2)cc1. The summed E-state index contributed by atoms with van der Waals surface area (Å²) in [7, 11) is 0. The molecule has 0 saturated carbocycles. The van der Waals surface area contributed by atoms with Crippen LogP contribution in [-0.2, 0) is 0 Å². The summed E-state index contributed by atoms with van der Waals surface area (Å²) in [6.07, 6.45) is 3.72. The van der Waals surface area contributed by atoms with Gasteiger partial charge in [-0.2, -0.15) is 0 Å². The first-order valence-corrected chi connectivity index (χ1v) is 14.6. The van der Waals surface area contributed by atoms with Crippen LogP contribution in [0.25, 0.3) is 78.0 Å². The molecule has 0 N–H and O–H groups in total. The Balaban J connectivity index is 1.30. The minimum atomic E-state index is 0.645. The topological polar surface area (TPSA) is 51.6 Å². The molecule has 206 valence electrons. The third-order valence-electron chi connectivity index (χ3n) is 8.03. The van der Waals surface area contributed by atoms with Gasteiger partial charge in [0.2, 0.25) is 0 Å². The minimum Gasteiger partial charge on any atom is -0.265 e. The number of pyridine rings is 1. The van der Waals surface area contributed by atoms with Crippen LogP contribution in [0, 0.1) is 0 Å². The Morgan fingerprint density at radius 3 is 1.00 bits per heavy atom. The first kappa shape index (κ1) is 25.7. The Bertz CT molecular complexity index is 2130. The number of benzene rings is 6. The molecular formula is C40H26N4. The molecule has 2 heterocycles. The highest BCUT2D eigenvalue weighted by atomic mass is 15.0. The van der Waals surface area contributed by atoms with E-state index in [4.69, 9.17) is 15.0 Å². The van der Waals surface area contributed by atoms with Gasteiger partial charge in [0.1, 0.15) is 0 Å². The van der Waals surface area contributed by atoms with Crippen LogP contribution in [0.4, 0.5) is 0 Å². The predicted molar refractivity (Wildman–Crippen MR) is 180 cm³/mol. The van der Waals surface area contributed by atoms with Gasteiger partial charge in [0.05, 0.1) is 0 Å². The van der Waals surface area contributed by atoms with Crippen molar-refractivity contribution in [3.8, 4) is 56.4 Å². The van der Waals surface area contributed by atoms with E-state index >= 15 is 0 Å². The number of fused-ring (bicyclic) bond motifs is 2. The molecule has 4 heteroatoms. The molecule has 0 atom stereocenters. The summed E-state index contributed by atoms with van der Waals surface area (Å²) < 4.78 is 0. The second kappa shape index (κ2) is 11.0. The number of nitrogens with zero attached hydrogens (tertiary/aromatic N) is 4. The summed E-state index contributed by atoms with van der Waals surface area (Å²) in [5.74, 6) is 1.96. The summed E-state index contributed by atoms with van der Waals surface area (Å²) in [4.78, 5) is 18.9. The molecule has 0 saturated heterocycles. The molecule has 0 amide bonds. The molecule has 6 aromatic carbocycles. The van der Waals surface area contributed by atoms with Crippen molar-refractivity contribution >= 4 is 21.5 Å². The van der Waals surface area contributed by atoms with E-state index in [-0.39, 0.29) is 0 Å². The predicted octanol–water partition coefficient (Wildman–Crippen LogP) is 9.91. The van der Waals surface area contributed by atoms with Gasteiger partial charge in [0.15, 0.2) is 17.5 Å². The summed E-state index contributed by atoms with van der Waals surface area (Å²) in [6.45, 7) is 0. The standard InChI is InChI=1S/C40H26N4/c1-3-11-29(12-4-1)38-42-39(30-13-5-2-6-14-30)44-40(43-38)31-21-19-27(20-22-31)36-32-15-7-9-17-34(32)37(28-23-25-41-26-24-28)35-18-10-8-16-33(35)36/h1-26H. The van der Waals surface area contributed by atoms with Crippen LogP contribution in [0.15, 0.2) is 158 Å². The van der Waals surface area contributed by atoms with Gasteiger partial charge in [0, 0.05) is 29.1 Å². The van der Waals surface area contributed by atoms with E-state index in [1.165, 1.54) is 32.7 Å². The molecule has 0 fully saturated rings. The third-order valence-corrected chi connectivity index (χ3v) is 8.03. The van der Waals surface area contributed by atoms with Gasteiger partial charge >= 0.3 is 0 Å². The lowest BCUT2D eigenvalue weighted by atomic mass is 9.86. The molecule has 4 nitrogen and oxygen atoms in total. The number of rotatable bonds is 5. The summed E-state index contributed by atoms with van der Waals surface area (Å²) in [5, 5.41) is 4.86. The molecule has 0 aliphatic rings. The van der Waals surface area contributed by atoms with E-state index in [2.05, 4.69) is 89.9 Å². The van der Waals surface area contributed by atoms with Crippen molar-refractivity contribution in [2.45, 2.75) is 0 Å². The van der Waals surface area contributed by atoms with Crippen LogP contribution in [0.3, 0.4) is 0 Å². The Morgan fingerprint density at radius 2 is 0.591 bits per heavy atom. The minimum absolute atomic E-state index is 0.645. The van der Waals surface area contributed by atoms with E-state index in [0.29, 0.717) is 17.5 Å². The molecule has 0 radical (unpaired) electrons. The Labute approximate surface area is 255 Å². The highest BCUT2D eigenvalue weighted by Gasteiger charge is 2.17. The maximum absolute atomic E-state index is 4.92. The van der Waals surface area contributed by atoms with E-state index in [9.17, 15) is 0 Å². The van der Waals surface area contributed by atoms with Gasteiger partial charge < -0.3 is 0 Å². The molecular weight excluding hydrogens is 536 g/mol. The van der Waals surface area contributed by atoms with E-state index < -0.39 is 0 Å². The molecule has 0 aliphatic carbocycles. The Morgan fingerprint density at radius 1 is 0.273 bits per heavy atom. The van der Waals surface area contributed by atoms with Crippen molar-refractivity contribution in [2.75, 3.05) is 0 Å². The van der Waals surface area contributed by atoms with Crippen LogP contribution in [0.2, 0.25) is 0 Å². The van der Waals surface area contributed by atoms with Crippen molar-refractivity contribution in [3.05, 3.63) is 158 Å². The molecule has 44 heavy (non-hydrogen) atoms. The van der Waals surface area contributed by atoms with Gasteiger partial charge in [-0.3, -0.25) is 4.98 Å². The zero-order valence-corrected chi connectivity index (χ0v) is 23.8. The smallest absolute Gasteiger partial charge is 0.164 e. The van der Waals surface area contributed by atoms with Gasteiger partial charge in [-0.1, -0.05) is 133 Å². The monoisotopic (exact) mass is 562 g/mol. The highest BCUT2D eigenvalue weighted by molar-refractivity contribution is 6.21. The highest BCUT2D eigenvalue weighted by Crippen LogP contribution is 2.43. The van der Waals surface area contributed by atoms with Crippen molar-refractivity contribution in [2.24, 2.45) is 0 Å². The fraction of sp³-hybridized carbons (Fsp3) is 0. The quantitative estimate of drug-likeness (QED) is 0.196. The van der Waals surface area contributed by atoms with Crippen molar-refractivity contribution in [3.63, 3.8) is 0 Å². The fourth-order valence-electron chi connectivity index (χ4n) is 5.99. The van der Waals surface area contributed by atoms with Crippen LogP contribution in [0.5, 0.6) is 0 Å². The van der Waals surface area contributed by atoms with Crippen LogP contribution >= 0.6 is 0 Å². The zero-order valence-electron chi connectivity index (χ0n) is 23.8. The molecule has 0 bridgehead atoms. The molecule has 0 spiro atoms. The molecule has 8 rings (SSSR count). The van der Waals surface area contributed by atoms with E-state index in [0.717, 1.165) is 27.8 Å². The van der Waals surface area contributed by atoms with Crippen molar-refractivity contribution in [1.82, 2.24) is 19.9 Å².